The maximum atomic E-state index is 12.1. The number of ether oxygens (including phenoxy) is 3. The predicted molar refractivity (Wildman–Crippen MR) is 158 cm³/mol. The summed E-state index contributed by atoms with van der Waals surface area (Å²) >= 11 is 0. The standard InChI is InChI=1S/C29H39N7O5/c1-4-40-27(37)19-10-14-21(15-11-19)33-35-26-18-25(30-23-8-6-7-9-24(23)39-3)31-29(32-26)36-34-22-16-12-20(13-17-22)28(38)41-5-2/h6-9,18-20H,4-5,10-17H2,1-3H3,(H3,30,31,32,35,36). The lowest BCUT2D eigenvalue weighted by molar-refractivity contribution is -0.149. The van der Waals surface area contributed by atoms with Crippen LogP contribution in [0.5, 0.6) is 5.75 Å². The third kappa shape index (κ3) is 8.63. The van der Waals surface area contributed by atoms with E-state index in [4.69, 9.17) is 14.2 Å². The van der Waals surface area contributed by atoms with Gasteiger partial charge in [0.2, 0.25) is 5.95 Å². The molecule has 0 atom stereocenters. The van der Waals surface area contributed by atoms with Gasteiger partial charge in [-0.25, -0.2) is 5.43 Å². The van der Waals surface area contributed by atoms with Crippen LogP contribution in [0.1, 0.15) is 65.2 Å². The van der Waals surface area contributed by atoms with Gasteiger partial charge in [-0.2, -0.15) is 20.2 Å². The summed E-state index contributed by atoms with van der Waals surface area (Å²) in [5.74, 6) is 1.54. The number of benzene rings is 1. The molecule has 0 saturated heterocycles. The number of anilines is 4. The molecule has 1 heterocycles. The highest BCUT2D eigenvalue weighted by molar-refractivity contribution is 5.88. The van der Waals surface area contributed by atoms with Crippen molar-refractivity contribution in [2.24, 2.45) is 22.0 Å². The second kappa shape index (κ2) is 15.0. The van der Waals surface area contributed by atoms with Crippen molar-refractivity contribution in [1.29, 1.82) is 0 Å². The second-order valence-corrected chi connectivity index (χ2v) is 9.92. The zero-order chi connectivity index (χ0) is 29.0. The minimum absolute atomic E-state index is 0.0770. The molecule has 12 nitrogen and oxygen atoms in total. The van der Waals surface area contributed by atoms with Crippen molar-refractivity contribution < 1.29 is 23.8 Å². The van der Waals surface area contributed by atoms with Gasteiger partial charge in [0.05, 0.1) is 37.8 Å². The van der Waals surface area contributed by atoms with E-state index in [0.29, 0.717) is 87.9 Å². The summed E-state index contributed by atoms with van der Waals surface area (Å²) in [6.45, 7) is 4.43. The number of esters is 2. The largest absolute Gasteiger partial charge is 0.495 e. The molecule has 1 aromatic heterocycles. The van der Waals surface area contributed by atoms with Crippen LogP contribution >= 0.6 is 0 Å². The quantitative estimate of drug-likeness (QED) is 0.243. The molecular weight excluding hydrogens is 526 g/mol. The SMILES string of the molecule is CCOC(=O)C1CCC(=NNc2cc(Nc3ccccc3OC)nc(NN=C3CCC(C(=O)OCC)CC3)n2)CC1. The van der Waals surface area contributed by atoms with Crippen LogP contribution in [0.3, 0.4) is 0 Å². The van der Waals surface area contributed by atoms with Gasteiger partial charge in [-0.05, 0) is 77.3 Å². The molecule has 0 radical (unpaired) electrons. The lowest BCUT2D eigenvalue weighted by Crippen LogP contribution is -2.24. The molecule has 4 rings (SSSR count). The first-order valence-corrected chi connectivity index (χ1v) is 14.2. The van der Waals surface area contributed by atoms with Crippen LogP contribution in [-0.2, 0) is 19.1 Å². The summed E-state index contributed by atoms with van der Waals surface area (Å²) in [7, 11) is 1.61. The monoisotopic (exact) mass is 565 g/mol. The molecule has 0 unspecified atom stereocenters. The van der Waals surface area contributed by atoms with Crippen LogP contribution in [0.2, 0.25) is 0 Å². The Hall–Kier alpha value is -4.22. The molecule has 12 heteroatoms. The van der Waals surface area contributed by atoms with E-state index in [1.54, 1.807) is 13.2 Å². The lowest BCUT2D eigenvalue weighted by atomic mass is 9.88. The summed E-state index contributed by atoms with van der Waals surface area (Å²) in [5.41, 5.74) is 8.71. The minimum Gasteiger partial charge on any atom is -0.495 e. The van der Waals surface area contributed by atoms with Gasteiger partial charge >= 0.3 is 11.9 Å². The van der Waals surface area contributed by atoms with E-state index >= 15 is 0 Å². The Morgan fingerprint density at radius 3 is 1.93 bits per heavy atom. The Labute approximate surface area is 240 Å². The molecule has 2 aliphatic rings. The summed E-state index contributed by atoms with van der Waals surface area (Å²) in [6.07, 6.45) is 5.64. The van der Waals surface area contributed by atoms with Gasteiger partial charge in [0.1, 0.15) is 11.6 Å². The Bertz CT molecular complexity index is 1180. The van der Waals surface area contributed by atoms with E-state index in [0.717, 1.165) is 17.1 Å². The van der Waals surface area contributed by atoms with Gasteiger partial charge in [0.25, 0.3) is 0 Å². The molecule has 220 valence electrons. The Balaban J connectivity index is 1.46. The molecule has 3 N–H and O–H groups in total. The van der Waals surface area contributed by atoms with Crippen LogP contribution in [0.15, 0.2) is 40.5 Å². The fourth-order valence-corrected chi connectivity index (χ4v) is 4.89. The fraction of sp³-hybridized carbons (Fsp3) is 0.517. The summed E-state index contributed by atoms with van der Waals surface area (Å²) in [4.78, 5) is 33.2. The van der Waals surface area contributed by atoms with Crippen LogP contribution < -0.4 is 20.9 Å². The first-order chi connectivity index (χ1) is 20.0. The molecule has 0 spiro atoms. The van der Waals surface area contributed by atoms with Crippen molar-refractivity contribution in [1.82, 2.24) is 9.97 Å². The van der Waals surface area contributed by atoms with E-state index in [2.05, 4.69) is 36.3 Å². The van der Waals surface area contributed by atoms with E-state index in [9.17, 15) is 9.59 Å². The highest BCUT2D eigenvalue weighted by atomic mass is 16.5. The zero-order valence-electron chi connectivity index (χ0n) is 23.9. The Morgan fingerprint density at radius 2 is 1.37 bits per heavy atom. The number of carbonyl (C=O) groups excluding carboxylic acids is 2. The van der Waals surface area contributed by atoms with E-state index in [1.807, 2.05) is 38.1 Å². The average Bonchev–Trinajstić information content (AvgIpc) is 3.00. The number of methoxy groups -OCH3 is 1. The molecule has 0 bridgehead atoms. The first-order valence-electron chi connectivity index (χ1n) is 14.2. The van der Waals surface area contributed by atoms with Crippen LogP contribution in [-0.4, -0.2) is 53.7 Å². The maximum Gasteiger partial charge on any atom is 0.308 e. The topological polar surface area (TPSA) is 148 Å². The van der Waals surface area contributed by atoms with E-state index < -0.39 is 0 Å². The summed E-state index contributed by atoms with van der Waals surface area (Å²) in [6, 6.07) is 9.30. The summed E-state index contributed by atoms with van der Waals surface area (Å²) in [5, 5.41) is 12.4. The van der Waals surface area contributed by atoms with Crippen molar-refractivity contribution in [3.05, 3.63) is 30.3 Å². The van der Waals surface area contributed by atoms with Crippen LogP contribution in [0.4, 0.5) is 23.3 Å². The third-order valence-electron chi connectivity index (χ3n) is 7.10. The normalized spacial score (nSPS) is 18.6. The highest BCUT2D eigenvalue weighted by Crippen LogP contribution is 2.29. The number of hydrogen-bond acceptors (Lipinski definition) is 12. The molecule has 2 fully saturated rings. The Kier molecular flexibility index (Phi) is 10.9. The number of para-hydroxylation sites is 2. The number of hydrogen-bond donors (Lipinski definition) is 3. The molecule has 1 aromatic carbocycles. The molecule has 0 aliphatic heterocycles. The molecule has 2 saturated carbocycles. The first kappa shape index (κ1) is 29.8. The number of aromatic nitrogens is 2. The number of nitrogens with zero attached hydrogens (tertiary/aromatic N) is 4. The predicted octanol–water partition coefficient (Wildman–Crippen LogP) is 5.27. The smallest absolute Gasteiger partial charge is 0.308 e. The van der Waals surface area contributed by atoms with Gasteiger partial charge < -0.3 is 19.5 Å². The van der Waals surface area contributed by atoms with E-state index in [-0.39, 0.29) is 23.8 Å². The van der Waals surface area contributed by atoms with Gasteiger partial charge in [-0.1, -0.05) is 12.1 Å². The highest BCUT2D eigenvalue weighted by Gasteiger charge is 2.26. The van der Waals surface area contributed by atoms with Crippen LogP contribution in [0.25, 0.3) is 0 Å². The van der Waals surface area contributed by atoms with Gasteiger partial charge in [0, 0.05) is 17.5 Å². The van der Waals surface area contributed by atoms with Crippen molar-refractivity contribution >= 4 is 46.6 Å². The molecule has 0 amide bonds. The zero-order valence-corrected chi connectivity index (χ0v) is 23.9. The minimum atomic E-state index is -0.135. The second-order valence-electron chi connectivity index (χ2n) is 9.92. The Morgan fingerprint density at radius 1 is 0.829 bits per heavy atom. The van der Waals surface area contributed by atoms with Gasteiger partial charge in [0.15, 0.2) is 5.82 Å². The van der Waals surface area contributed by atoms with Crippen molar-refractivity contribution in [3.8, 4) is 5.75 Å². The van der Waals surface area contributed by atoms with Crippen molar-refractivity contribution in [3.63, 3.8) is 0 Å². The number of hydrazone groups is 2. The maximum absolute atomic E-state index is 12.1. The van der Waals surface area contributed by atoms with Gasteiger partial charge in [-0.3, -0.25) is 15.0 Å². The van der Waals surface area contributed by atoms with Crippen molar-refractivity contribution in [2.75, 3.05) is 36.5 Å². The average molecular weight is 566 g/mol. The molecule has 41 heavy (non-hydrogen) atoms. The lowest BCUT2D eigenvalue weighted by Gasteiger charge is -2.21. The number of nitrogens with one attached hydrogen (secondary N) is 3. The molecule has 2 aliphatic carbocycles. The molecular formula is C29H39N7O5. The molecule has 2 aromatic rings. The van der Waals surface area contributed by atoms with E-state index in [1.165, 1.54) is 0 Å². The fourth-order valence-electron chi connectivity index (χ4n) is 4.89. The summed E-state index contributed by atoms with van der Waals surface area (Å²) < 4.78 is 15.8. The van der Waals surface area contributed by atoms with Crippen LogP contribution in [0, 0.1) is 11.8 Å². The number of carbonyl (C=O) groups is 2. The van der Waals surface area contributed by atoms with Gasteiger partial charge in [-0.15, -0.1) is 0 Å². The number of rotatable bonds is 11. The van der Waals surface area contributed by atoms with Crippen molar-refractivity contribution in [2.45, 2.75) is 65.2 Å². The third-order valence-corrected chi connectivity index (χ3v) is 7.10.